The highest BCUT2D eigenvalue weighted by Crippen LogP contribution is 2.26. The molecule has 1 heterocycles. The number of benzene rings is 3. The first-order valence-electron chi connectivity index (χ1n) is 9.71. The van der Waals surface area contributed by atoms with Crippen LogP contribution >= 0.6 is 27.7 Å². The molecule has 0 bridgehead atoms. The molecule has 5 nitrogen and oxygen atoms in total. The van der Waals surface area contributed by atoms with E-state index in [2.05, 4.69) is 21.2 Å². The number of rotatable bonds is 5. The molecule has 31 heavy (non-hydrogen) atoms. The zero-order valence-corrected chi connectivity index (χ0v) is 19.5. The van der Waals surface area contributed by atoms with Crippen LogP contribution < -0.4 is 10.9 Å². The molecular formula is C24H20BrN3O2S. The Labute approximate surface area is 192 Å². The van der Waals surface area contributed by atoms with Crippen LogP contribution in [0.4, 0.5) is 5.69 Å². The van der Waals surface area contributed by atoms with Gasteiger partial charge in [-0.2, -0.15) is 0 Å². The predicted molar refractivity (Wildman–Crippen MR) is 130 cm³/mol. The van der Waals surface area contributed by atoms with Gasteiger partial charge in [-0.1, -0.05) is 54.2 Å². The minimum Gasteiger partial charge on any atom is -0.324 e. The van der Waals surface area contributed by atoms with Crippen LogP contribution in [0.5, 0.6) is 0 Å². The lowest BCUT2D eigenvalue weighted by molar-refractivity contribution is -0.113. The van der Waals surface area contributed by atoms with Crippen molar-refractivity contribution in [2.75, 3.05) is 11.1 Å². The number of carbonyl (C=O) groups is 1. The van der Waals surface area contributed by atoms with Crippen molar-refractivity contribution in [3.05, 3.63) is 92.7 Å². The van der Waals surface area contributed by atoms with Gasteiger partial charge in [0.05, 0.1) is 28.0 Å². The monoisotopic (exact) mass is 493 g/mol. The Hall–Kier alpha value is -2.90. The predicted octanol–water partition coefficient (Wildman–Crippen LogP) is 5.50. The number of hydrogen-bond acceptors (Lipinski definition) is 4. The highest BCUT2D eigenvalue weighted by Gasteiger charge is 2.17. The van der Waals surface area contributed by atoms with Gasteiger partial charge in [0.1, 0.15) is 0 Å². The first-order chi connectivity index (χ1) is 15.0. The van der Waals surface area contributed by atoms with Gasteiger partial charge in [-0.05, 0) is 65.2 Å². The molecule has 0 aliphatic heterocycles. The number of nitrogens with zero attached hydrogens (tertiary/aromatic N) is 2. The molecule has 0 fully saturated rings. The lowest BCUT2D eigenvalue weighted by Crippen LogP contribution is -2.24. The third-order valence-electron chi connectivity index (χ3n) is 4.89. The molecule has 0 saturated carbocycles. The SMILES string of the molecule is Cc1cccc(C)c1-n1c(SCC(=O)Nc2ccccc2Br)nc2ccccc2c1=O. The van der Waals surface area contributed by atoms with E-state index >= 15 is 0 Å². The van der Waals surface area contributed by atoms with E-state index in [-0.39, 0.29) is 17.2 Å². The third kappa shape index (κ3) is 4.43. The molecule has 1 N–H and O–H groups in total. The number of thioether (sulfide) groups is 1. The Morgan fingerprint density at radius 1 is 1.00 bits per heavy atom. The summed E-state index contributed by atoms with van der Waals surface area (Å²) in [6.07, 6.45) is 0. The summed E-state index contributed by atoms with van der Waals surface area (Å²) in [7, 11) is 0. The standard InChI is InChI=1S/C24H20BrN3O2S/c1-15-8-7-9-16(2)22(15)28-23(30)17-10-3-5-12-19(17)27-24(28)31-14-21(29)26-20-13-6-4-11-18(20)25/h3-13H,14H2,1-2H3,(H,26,29). The molecule has 1 amide bonds. The highest BCUT2D eigenvalue weighted by molar-refractivity contribution is 9.10. The molecule has 156 valence electrons. The number of fused-ring (bicyclic) bond motifs is 1. The summed E-state index contributed by atoms with van der Waals surface area (Å²) in [4.78, 5) is 30.8. The number of aryl methyl sites for hydroxylation is 2. The zero-order valence-electron chi connectivity index (χ0n) is 17.1. The van der Waals surface area contributed by atoms with E-state index in [0.717, 1.165) is 21.3 Å². The largest absolute Gasteiger partial charge is 0.324 e. The fourth-order valence-corrected chi connectivity index (χ4v) is 4.63. The average molecular weight is 494 g/mol. The summed E-state index contributed by atoms with van der Waals surface area (Å²) in [6.45, 7) is 3.94. The lowest BCUT2D eigenvalue weighted by Gasteiger charge is -2.17. The number of amides is 1. The smallest absolute Gasteiger partial charge is 0.266 e. The maximum absolute atomic E-state index is 13.4. The molecule has 0 saturated heterocycles. The fraction of sp³-hybridized carbons (Fsp3) is 0.125. The van der Waals surface area contributed by atoms with E-state index in [1.807, 2.05) is 74.5 Å². The van der Waals surface area contributed by atoms with Gasteiger partial charge in [0.15, 0.2) is 5.16 Å². The second-order valence-corrected chi connectivity index (χ2v) is 8.91. The van der Waals surface area contributed by atoms with Crippen LogP contribution in [0.15, 0.2) is 81.2 Å². The lowest BCUT2D eigenvalue weighted by atomic mass is 10.1. The number of hydrogen-bond donors (Lipinski definition) is 1. The first-order valence-corrected chi connectivity index (χ1v) is 11.5. The van der Waals surface area contributed by atoms with E-state index < -0.39 is 0 Å². The second-order valence-electron chi connectivity index (χ2n) is 7.11. The van der Waals surface area contributed by atoms with Crippen LogP contribution in [0.2, 0.25) is 0 Å². The molecule has 0 spiro atoms. The molecule has 4 rings (SSSR count). The summed E-state index contributed by atoms with van der Waals surface area (Å²) in [5.74, 6) is -0.0517. The van der Waals surface area contributed by atoms with Gasteiger partial charge < -0.3 is 5.32 Å². The number of nitrogens with one attached hydrogen (secondary N) is 1. The van der Waals surface area contributed by atoms with Crippen LogP contribution in [0.3, 0.4) is 0 Å². The molecule has 0 atom stereocenters. The average Bonchev–Trinajstić information content (AvgIpc) is 2.75. The number of anilines is 1. The number of carbonyl (C=O) groups excluding carboxylic acids is 1. The van der Waals surface area contributed by atoms with Crippen LogP contribution in [0.25, 0.3) is 16.6 Å². The number of aromatic nitrogens is 2. The highest BCUT2D eigenvalue weighted by atomic mass is 79.9. The quantitative estimate of drug-likeness (QED) is 0.294. The molecule has 0 unspecified atom stereocenters. The van der Waals surface area contributed by atoms with Crippen molar-refractivity contribution in [1.29, 1.82) is 0 Å². The Morgan fingerprint density at radius 3 is 2.42 bits per heavy atom. The molecule has 4 aromatic rings. The topological polar surface area (TPSA) is 64.0 Å². The second kappa shape index (κ2) is 9.08. The maximum Gasteiger partial charge on any atom is 0.266 e. The fourth-order valence-electron chi connectivity index (χ4n) is 3.44. The van der Waals surface area contributed by atoms with Crippen LogP contribution in [-0.4, -0.2) is 21.2 Å². The Morgan fingerprint density at radius 2 is 1.68 bits per heavy atom. The van der Waals surface area contributed by atoms with E-state index in [1.54, 1.807) is 10.6 Å². The normalized spacial score (nSPS) is 10.9. The van der Waals surface area contributed by atoms with Gasteiger partial charge in [0.25, 0.3) is 5.56 Å². The van der Waals surface area contributed by atoms with E-state index in [9.17, 15) is 9.59 Å². The van der Waals surface area contributed by atoms with Gasteiger partial charge in [-0.15, -0.1) is 0 Å². The van der Waals surface area contributed by atoms with Crippen molar-refractivity contribution in [3.8, 4) is 5.69 Å². The van der Waals surface area contributed by atoms with Gasteiger partial charge in [0, 0.05) is 4.47 Å². The Bertz CT molecular complexity index is 1330. The van der Waals surface area contributed by atoms with Gasteiger partial charge in [0.2, 0.25) is 5.91 Å². The van der Waals surface area contributed by atoms with Crippen LogP contribution in [0.1, 0.15) is 11.1 Å². The Balaban J connectivity index is 1.74. The summed E-state index contributed by atoms with van der Waals surface area (Å²) in [5, 5.41) is 3.93. The minimum atomic E-state index is -0.174. The van der Waals surface area contributed by atoms with Crippen molar-refractivity contribution < 1.29 is 4.79 Å². The summed E-state index contributed by atoms with van der Waals surface area (Å²) >= 11 is 4.68. The van der Waals surface area contributed by atoms with E-state index in [4.69, 9.17) is 4.98 Å². The third-order valence-corrected chi connectivity index (χ3v) is 6.52. The van der Waals surface area contributed by atoms with Gasteiger partial charge in [-0.3, -0.25) is 14.2 Å². The van der Waals surface area contributed by atoms with Crippen molar-refractivity contribution >= 4 is 50.2 Å². The molecule has 0 aliphatic rings. The first kappa shape index (κ1) is 21.3. The molecule has 7 heteroatoms. The van der Waals surface area contributed by atoms with Crippen molar-refractivity contribution in [2.24, 2.45) is 0 Å². The molecule has 3 aromatic carbocycles. The van der Waals surface area contributed by atoms with Gasteiger partial charge >= 0.3 is 0 Å². The Kier molecular flexibility index (Phi) is 6.25. The van der Waals surface area contributed by atoms with Crippen LogP contribution in [-0.2, 0) is 4.79 Å². The van der Waals surface area contributed by atoms with Gasteiger partial charge in [-0.25, -0.2) is 4.98 Å². The van der Waals surface area contributed by atoms with Crippen molar-refractivity contribution in [3.63, 3.8) is 0 Å². The van der Waals surface area contributed by atoms with E-state index in [1.165, 1.54) is 11.8 Å². The number of halogens is 1. The molecule has 0 aliphatic carbocycles. The zero-order chi connectivity index (χ0) is 22.0. The summed E-state index contributed by atoms with van der Waals surface area (Å²) < 4.78 is 2.44. The summed E-state index contributed by atoms with van der Waals surface area (Å²) in [6, 6.07) is 20.6. The molecule has 1 aromatic heterocycles. The molecular weight excluding hydrogens is 474 g/mol. The minimum absolute atomic E-state index is 0.122. The van der Waals surface area contributed by atoms with Crippen LogP contribution in [0, 0.1) is 13.8 Å². The van der Waals surface area contributed by atoms with Crippen molar-refractivity contribution in [2.45, 2.75) is 19.0 Å². The van der Waals surface area contributed by atoms with Crippen molar-refractivity contribution in [1.82, 2.24) is 9.55 Å². The maximum atomic E-state index is 13.4. The number of para-hydroxylation sites is 3. The summed E-state index contributed by atoms with van der Waals surface area (Å²) in [5.41, 5.74) is 3.92. The van der Waals surface area contributed by atoms with E-state index in [0.29, 0.717) is 21.7 Å². The molecule has 0 radical (unpaired) electrons.